The van der Waals surface area contributed by atoms with Gasteiger partial charge in [-0.2, -0.15) is 0 Å². The first-order valence-corrected chi connectivity index (χ1v) is 6.65. The van der Waals surface area contributed by atoms with E-state index in [9.17, 15) is 0 Å². The maximum Gasteiger partial charge on any atom is 0.119 e. The summed E-state index contributed by atoms with van der Waals surface area (Å²) in [6.07, 6.45) is 2.90. The van der Waals surface area contributed by atoms with E-state index >= 15 is 0 Å². The normalized spacial score (nSPS) is 10.8. The monoisotopic (exact) mass is 253 g/mol. The molecule has 0 saturated carbocycles. The van der Waals surface area contributed by atoms with Crippen molar-refractivity contribution in [1.29, 1.82) is 0 Å². The summed E-state index contributed by atoms with van der Waals surface area (Å²) >= 11 is 0. The van der Waals surface area contributed by atoms with Gasteiger partial charge in [0.15, 0.2) is 0 Å². The highest BCUT2D eigenvalue weighted by atomic mass is 16.5. The molecule has 0 unspecified atom stereocenters. The minimum atomic E-state index is 0.699. The summed E-state index contributed by atoms with van der Waals surface area (Å²) in [6.45, 7) is 3.50. The molecule has 0 heterocycles. The van der Waals surface area contributed by atoms with Gasteiger partial charge in [0.25, 0.3) is 0 Å². The lowest BCUT2D eigenvalue weighted by Gasteiger charge is -2.02. The van der Waals surface area contributed by atoms with Crippen LogP contribution < -0.4 is 4.74 Å². The maximum atomic E-state index is 5.40. The predicted octanol–water partition coefficient (Wildman–Crippen LogP) is 3.75. The van der Waals surface area contributed by atoms with E-state index in [0.717, 1.165) is 24.3 Å². The van der Waals surface area contributed by atoms with Gasteiger partial charge in [0.2, 0.25) is 0 Å². The Bertz CT molecular complexity index is 503. The van der Waals surface area contributed by atoms with E-state index in [2.05, 4.69) is 29.3 Å². The fraction of sp³-hybridized carbons (Fsp3) is 0.235. The van der Waals surface area contributed by atoms with Gasteiger partial charge in [-0.1, -0.05) is 30.3 Å². The van der Waals surface area contributed by atoms with Crippen LogP contribution in [-0.4, -0.2) is 19.4 Å². The Morgan fingerprint density at radius 1 is 1.00 bits per heavy atom. The van der Waals surface area contributed by atoms with Crippen LogP contribution in [0.4, 0.5) is 0 Å². The molecule has 0 aliphatic carbocycles. The van der Waals surface area contributed by atoms with Crippen LogP contribution in [0.3, 0.4) is 0 Å². The number of ether oxygens (including phenoxy) is 1. The molecule has 0 N–H and O–H groups in total. The molecule has 0 saturated heterocycles. The lowest BCUT2D eigenvalue weighted by molar-refractivity contribution is 0.340. The molecule has 98 valence electrons. The molecule has 2 nitrogen and oxygen atoms in total. The first kappa shape index (κ1) is 13.3. The molecule has 0 bridgehead atoms. The fourth-order valence-corrected chi connectivity index (χ4v) is 1.83. The highest BCUT2D eigenvalue weighted by molar-refractivity contribution is 5.79. The molecular weight excluding hydrogens is 234 g/mol. The summed E-state index contributed by atoms with van der Waals surface area (Å²) in [6, 6.07) is 18.4. The Morgan fingerprint density at radius 3 is 2.42 bits per heavy atom. The van der Waals surface area contributed by atoms with Crippen LogP contribution in [0.1, 0.15) is 18.1 Å². The average Bonchev–Trinajstić information content (AvgIpc) is 2.47. The third kappa shape index (κ3) is 4.59. The molecule has 0 aliphatic rings. The summed E-state index contributed by atoms with van der Waals surface area (Å²) in [5.74, 6) is 0.906. The molecule has 0 aromatic heterocycles. The van der Waals surface area contributed by atoms with Crippen molar-refractivity contribution < 1.29 is 4.74 Å². The fourth-order valence-electron chi connectivity index (χ4n) is 1.83. The number of hydrogen-bond donors (Lipinski definition) is 0. The Balaban J connectivity index is 1.82. The van der Waals surface area contributed by atoms with Crippen molar-refractivity contribution in [2.45, 2.75) is 13.3 Å². The molecular formula is C17H19NO. The van der Waals surface area contributed by atoms with Gasteiger partial charge in [-0.3, -0.25) is 4.99 Å². The first-order chi connectivity index (χ1) is 9.38. The lowest BCUT2D eigenvalue weighted by atomic mass is 10.1. The molecule has 0 atom stereocenters. The largest absolute Gasteiger partial charge is 0.494 e. The van der Waals surface area contributed by atoms with Gasteiger partial charge in [-0.05, 0) is 48.7 Å². The molecule has 19 heavy (non-hydrogen) atoms. The molecule has 2 heteroatoms. The summed E-state index contributed by atoms with van der Waals surface area (Å²) in [7, 11) is 0. The van der Waals surface area contributed by atoms with Gasteiger partial charge in [0, 0.05) is 12.8 Å². The molecule has 2 rings (SSSR count). The smallest absolute Gasteiger partial charge is 0.119 e. The van der Waals surface area contributed by atoms with E-state index in [1.54, 1.807) is 0 Å². The highest BCUT2D eigenvalue weighted by Crippen LogP contribution is 2.10. The second-order valence-electron chi connectivity index (χ2n) is 4.27. The Morgan fingerprint density at radius 2 is 1.74 bits per heavy atom. The third-order valence-corrected chi connectivity index (χ3v) is 2.80. The van der Waals surface area contributed by atoms with E-state index in [1.807, 2.05) is 43.5 Å². The molecule has 0 fully saturated rings. The number of hydrogen-bond acceptors (Lipinski definition) is 2. The van der Waals surface area contributed by atoms with Gasteiger partial charge >= 0.3 is 0 Å². The van der Waals surface area contributed by atoms with Crippen molar-refractivity contribution in [3.63, 3.8) is 0 Å². The van der Waals surface area contributed by atoms with E-state index in [0.29, 0.717) is 6.61 Å². The maximum absolute atomic E-state index is 5.40. The van der Waals surface area contributed by atoms with E-state index in [4.69, 9.17) is 4.74 Å². The SMILES string of the molecule is CCOc1ccc(C=NCCc2ccccc2)cc1. The first-order valence-electron chi connectivity index (χ1n) is 6.65. The molecule has 0 spiro atoms. The van der Waals surface area contributed by atoms with Crippen molar-refractivity contribution in [2.75, 3.05) is 13.2 Å². The second-order valence-corrected chi connectivity index (χ2v) is 4.27. The summed E-state index contributed by atoms with van der Waals surface area (Å²) < 4.78 is 5.40. The van der Waals surface area contributed by atoms with Crippen molar-refractivity contribution in [3.8, 4) is 5.75 Å². The van der Waals surface area contributed by atoms with Crippen LogP contribution in [0, 0.1) is 0 Å². The molecule has 2 aromatic rings. The molecule has 0 amide bonds. The van der Waals surface area contributed by atoms with Crippen LogP contribution in [0.5, 0.6) is 5.75 Å². The average molecular weight is 253 g/mol. The van der Waals surface area contributed by atoms with Crippen LogP contribution in [0.2, 0.25) is 0 Å². The zero-order valence-electron chi connectivity index (χ0n) is 11.3. The summed E-state index contributed by atoms with van der Waals surface area (Å²) in [5.41, 5.74) is 2.43. The minimum Gasteiger partial charge on any atom is -0.494 e. The van der Waals surface area contributed by atoms with Gasteiger partial charge in [-0.15, -0.1) is 0 Å². The van der Waals surface area contributed by atoms with E-state index in [1.165, 1.54) is 5.56 Å². The van der Waals surface area contributed by atoms with E-state index < -0.39 is 0 Å². The zero-order valence-corrected chi connectivity index (χ0v) is 11.3. The predicted molar refractivity (Wildman–Crippen MR) is 80.2 cm³/mol. The highest BCUT2D eigenvalue weighted by Gasteiger charge is 1.92. The standard InChI is InChI=1S/C17H19NO/c1-2-19-17-10-8-16(9-11-17)14-18-13-12-15-6-4-3-5-7-15/h3-11,14H,2,12-13H2,1H3. The number of benzene rings is 2. The Kier molecular flexibility index (Phi) is 5.17. The number of rotatable bonds is 6. The second kappa shape index (κ2) is 7.37. The van der Waals surface area contributed by atoms with Gasteiger partial charge in [0.1, 0.15) is 5.75 Å². The zero-order chi connectivity index (χ0) is 13.3. The van der Waals surface area contributed by atoms with Gasteiger partial charge < -0.3 is 4.74 Å². The van der Waals surface area contributed by atoms with Crippen LogP contribution in [0.15, 0.2) is 59.6 Å². The number of aliphatic imine (C=N–C) groups is 1. The third-order valence-electron chi connectivity index (χ3n) is 2.80. The van der Waals surface area contributed by atoms with Crippen molar-refractivity contribution in [3.05, 3.63) is 65.7 Å². The summed E-state index contributed by atoms with van der Waals surface area (Å²) in [4.78, 5) is 4.45. The van der Waals surface area contributed by atoms with Gasteiger partial charge in [-0.25, -0.2) is 0 Å². The Labute approximate surface area is 114 Å². The Hall–Kier alpha value is -2.09. The summed E-state index contributed by atoms with van der Waals surface area (Å²) in [5, 5.41) is 0. The quantitative estimate of drug-likeness (QED) is 0.718. The molecule has 0 radical (unpaired) electrons. The van der Waals surface area contributed by atoms with Crippen LogP contribution in [-0.2, 0) is 6.42 Å². The van der Waals surface area contributed by atoms with Gasteiger partial charge in [0.05, 0.1) is 6.61 Å². The van der Waals surface area contributed by atoms with Crippen LogP contribution in [0.25, 0.3) is 0 Å². The minimum absolute atomic E-state index is 0.699. The van der Waals surface area contributed by atoms with Crippen LogP contribution >= 0.6 is 0 Å². The van der Waals surface area contributed by atoms with E-state index in [-0.39, 0.29) is 0 Å². The topological polar surface area (TPSA) is 21.6 Å². The van der Waals surface area contributed by atoms with Crippen molar-refractivity contribution in [1.82, 2.24) is 0 Å². The number of nitrogens with zero attached hydrogens (tertiary/aromatic N) is 1. The van der Waals surface area contributed by atoms with Crippen molar-refractivity contribution in [2.24, 2.45) is 4.99 Å². The molecule has 2 aromatic carbocycles. The van der Waals surface area contributed by atoms with Crippen molar-refractivity contribution >= 4 is 6.21 Å². The lowest BCUT2D eigenvalue weighted by Crippen LogP contribution is -1.92. The molecule has 0 aliphatic heterocycles.